The maximum absolute atomic E-state index is 12.6. The zero-order valence-electron chi connectivity index (χ0n) is 17.5. The Labute approximate surface area is 183 Å². The fourth-order valence-electron chi connectivity index (χ4n) is 4.10. The van der Waals surface area contributed by atoms with E-state index in [0.717, 1.165) is 31.2 Å². The van der Waals surface area contributed by atoms with E-state index in [1.54, 1.807) is 24.3 Å². The lowest BCUT2D eigenvalue weighted by Crippen LogP contribution is -2.41. The number of ether oxygens (including phenoxy) is 3. The quantitative estimate of drug-likeness (QED) is 0.392. The minimum Gasteiger partial charge on any atom is -0.375 e. The maximum Gasteiger partial charge on any atom is 0.339 e. The third-order valence-electron chi connectivity index (χ3n) is 5.99. The zero-order chi connectivity index (χ0) is 21.6. The number of nitrogens with zero attached hydrogens (tertiary/aromatic N) is 1. The first-order valence-corrected chi connectivity index (χ1v) is 10.6. The highest BCUT2D eigenvalue weighted by atomic mass is 16.7. The van der Waals surface area contributed by atoms with Crippen molar-refractivity contribution in [3.63, 3.8) is 0 Å². The summed E-state index contributed by atoms with van der Waals surface area (Å²) in [5, 5.41) is 0. The predicted octanol–water partition coefficient (Wildman–Crippen LogP) is 4.99. The lowest BCUT2D eigenvalue weighted by atomic mass is 9.72. The van der Waals surface area contributed by atoms with Gasteiger partial charge in [-0.05, 0) is 41.3 Å². The highest BCUT2D eigenvalue weighted by molar-refractivity contribution is 6.09. The summed E-state index contributed by atoms with van der Waals surface area (Å²) >= 11 is 0. The summed E-state index contributed by atoms with van der Waals surface area (Å²) in [6.07, 6.45) is 3.01. The monoisotopic (exact) mass is 416 g/mol. The smallest absolute Gasteiger partial charge is 0.339 e. The first kappa shape index (κ1) is 21.3. The Morgan fingerprint density at radius 3 is 2.32 bits per heavy atom. The second-order valence-electron chi connectivity index (χ2n) is 8.12. The van der Waals surface area contributed by atoms with Crippen molar-refractivity contribution < 1.29 is 19.0 Å². The molecule has 2 aliphatic rings. The Morgan fingerprint density at radius 2 is 1.68 bits per heavy atom. The van der Waals surface area contributed by atoms with Crippen molar-refractivity contribution in [2.24, 2.45) is 5.41 Å². The first-order chi connectivity index (χ1) is 15.1. The Kier molecular flexibility index (Phi) is 6.49. The maximum atomic E-state index is 12.6. The molecule has 5 nitrogen and oxygen atoms in total. The van der Waals surface area contributed by atoms with Crippen LogP contribution in [0.15, 0.2) is 54.6 Å². The van der Waals surface area contributed by atoms with Crippen molar-refractivity contribution in [3.8, 4) is 18.4 Å². The molecule has 2 fully saturated rings. The third kappa shape index (κ3) is 5.21. The van der Waals surface area contributed by atoms with E-state index in [-0.39, 0.29) is 5.78 Å². The number of rotatable bonds is 5. The second kappa shape index (κ2) is 9.45. The molecule has 0 unspecified atom stereocenters. The van der Waals surface area contributed by atoms with Crippen molar-refractivity contribution in [3.05, 3.63) is 70.6 Å². The van der Waals surface area contributed by atoms with Crippen molar-refractivity contribution in [2.45, 2.75) is 38.1 Å². The number of carbonyl (C=O) groups is 1. The van der Waals surface area contributed by atoms with Gasteiger partial charge in [0.1, 0.15) is 0 Å². The van der Waals surface area contributed by atoms with Crippen LogP contribution >= 0.6 is 0 Å². The average Bonchev–Trinajstić information content (AvgIpc) is 3.28. The number of Topliss-reactive ketones (excluding diaryl/α,β-unsaturated/α-hetero) is 1. The van der Waals surface area contributed by atoms with E-state index >= 15 is 0 Å². The molecule has 2 aromatic carbocycles. The molecule has 1 aliphatic carbocycles. The van der Waals surface area contributed by atoms with Gasteiger partial charge in [0.15, 0.2) is 5.79 Å². The zero-order valence-corrected chi connectivity index (χ0v) is 17.5. The Balaban J connectivity index is 1.47. The molecule has 0 N–H and O–H groups in total. The van der Waals surface area contributed by atoms with Crippen LogP contribution in [0.5, 0.6) is 0 Å². The van der Waals surface area contributed by atoms with Gasteiger partial charge in [-0.1, -0.05) is 36.3 Å². The molecule has 5 heteroatoms. The summed E-state index contributed by atoms with van der Waals surface area (Å²) in [5.74, 6) is 5.42. The highest BCUT2D eigenvalue weighted by Crippen LogP contribution is 2.44. The molecule has 0 atom stereocenters. The van der Waals surface area contributed by atoms with E-state index < -0.39 is 11.2 Å². The van der Waals surface area contributed by atoms with Crippen LogP contribution in [0.1, 0.15) is 41.6 Å². The molecule has 1 spiro atoms. The molecule has 1 aliphatic heterocycles. The number of hydrogen-bond acceptors (Lipinski definition) is 4. The lowest BCUT2D eigenvalue weighted by molar-refractivity contribution is -0.190. The molecule has 2 aromatic rings. The fraction of sp³-hybridized carbons (Fsp3) is 0.385. The van der Waals surface area contributed by atoms with Gasteiger partial charge in [0.2, 0.25) is 5.78 Å². The molecule has 0 bridgehead atoms. The summed E-state index contributed by atoms with van der Waals surface area (Å²) in [4.78, 5) is 16.3. The van der Waals surface area contributed by atoms with E-state index in [4.69, 9.17) is 20.8 Å². The van der Waals surface area contributed by atoms with E-state index in [0.29, 0.717) is 37.7 Å². The predicted molar refractivity (Wildman–Crippen MR) is 118 cm³/mol. The molecule has 0 aromatic heterocycles. The van der Waals surface area contributed by atoms with Crippen molar-refractivity contribution >= 4 is 11.5 Å². The van der Waals surface area contributed by atoms with E-state index in [1.165, 1.54) is 0 Å². The minimum absolute atomic E-state index is 0.223. The molecular weight excluding hydrogens is 390 g/mol. The van der Waals surface area contributed by atoms with Gasteiger partial charge >= 0.3 is 5.69 Å². The molecule has 31 heavy (non-hydrogen) atoms. The summed E-state index contributed by atoms with van der Waals surface area (Å²) in [7, 11) is 0. The van der Waals surface area contributed by atoms with Gasteiger partial charge in [0.25, 0.3) is 6.57 Å². The van der Waals surface area contributed by atoms with Crippen LogP contribution in [0, 0.1) is 23.8 Å². The fourth-order valence-corrected chi connectivity index (χ4v) is 4.10. The Morgan fingerprint density at radius 1 is 1.00 bits per heavy atom. The van der Waals surface area contributed by atoms with E-state index in [9.17, 15) is 4.79 Å². The molecule has 0 radical (unpaired) electrons. The van der Waals surface area contributed by atoms with Crippen molar-refractivity contribution in [2.75, 3.05) is 19.8 Å². The molecule has 1 saturated heterocycles. The van der Waals surface area contributed by atoms with Crippen LogP contribution in [0.3, 0.4) is 0 Å². The molecular formula is C26H26NO4+. The van der Waals surface area contributed by atoms with E-state index in [2.05, 4.69) is 16.7 Å². The van der Waals surface area contributed by atoms with Crippen LogP contribution in [0.25, 0.3) is 4.85 Å². The summed E-state index contributed by atoms with van der Waals surface area (Å²) < 4.78 is 17.8. The topological polar surface area (TPSA) is 49.1 Å². The van der Waals surface area contributed by atoms with E-state index in [1.807, 2.05) is 30.3 Å². The third-order valence-corrected chi connectivity index (χ3v) is 5.99. The Hall–Kier alpha value is -2.96. The number of ketones is 1. The average molecular weight is 416 g/mol. The number of carbonyl (C=O) groups excluding carboxylic acids is 1. The molecule has 158 valence electrons. The van der Waals surface area contributed by atoms with Crippen LogP contribution < -0.4 is 0 Å². The summed E-state index contributed by atoms with van der Waals surface area (Å²) in [6.45, 7) is 7.50. The largest absolute Gasteiger partial charge is 0.375 e. The highest BCUT2D eigenvalue weighted by Gasteiger charge is 2.46. The molecule has 1 saturated carbocycles. The van der Waals surface area contributed by atoms with Crippen LogP contribution in [0.4, 0.5) is 5.69 Å². The van der Waals surface area contributed by atoms with Gasteiger partial charge in [0.05, 0.1) is 31.8 Å². The first-order valence-electron chi connectivity index (χ1n) is 10.6. The minimum atomic E-state index is -0.490. The molecule has 0 amide bonds. The van der Waals surface area contributed by atoms with Gasteiger partial charge in [-0.25, -0.2) is 0 Å². The SMILES string of the molecule is C#[N+]c1ccc(C(=O)C#CC2(COCc3ccccc3)CCC3(CC2)OCCO3)cc1. The van der Waals surface area contributed by atoms with Gasteiger partial charge in [0, 0.05) is 30.5 Å². The van der Waals surface area contributed by atoms with Gasteiger partial charge < -0.3 is 14.2 Å². The van der Waals surface area contributed by atoms with Crippen LogP contribution in [0.2, 0.25) is 0 Å². The molecule has 1 heterocycles. The summed E-state index contributed by atoms with van der Waals surface area (Å²) in [6, 6.07) is 16.8. The molecule has 4 rings (SSSR count). The number of benzene rings is 2. The normalized spacial score (nSPS) is 18.7. The van der Waals surface area contributed by atoms with Crippen LogP contribution in [-0.2, 0) is 20.8 Å². The van der Waals surface area contributed by atoms with Crippen molar-refractivity contribution in [1.82, 2.24) is 0 Å². The number of hydrogen-bond donors (Lipinski definition) is 0. The Bertz CT molecular complexity index is 995. The van der Waals surface area contributed by atoms with Crippen molar-refractivity contribution in [1.29, 1.82) is 0 Å². The second-order valence-corrected chi connectivity index (χ2v) is 8.12. The van der Waals surface area contributed by atoms with Crippen LogP contribution in [-0.4, -0.2) is 31.4 Å². The lowest BCUT2D eigenvalue weighted by Gasteiger charge is -2.40. The summed E-state index contributed by atoms with van der Waals surface area (Å²) in [5.41, 5.74) is 1.85. The van der Waals surface area contributed by atoms with Gasteiger partial charge in [-0.3, -0.25) is 4.79 Å². The standard InChI is InChI=1S/C26H26NO4/c1-27-23-9-7-22(8-10-23)24(28)11-12-25(20-29-19-21-5-3-2-4-6-21)13-15-26(16-14-25)30-17-18-31-26/h1-10H,13-20H2/q+1. The van der Waals surface area contributed by atoms with Gasteiger partial charge in [-0.2, -0.15) is 0 Å². The van der Waals surface area contributed by atoms with Gasteiger partial charge in [-0.15, -0.1) is 0 Å².